The number of rotatable bonds is 5. The zero-order valence-corrected chi connectivity index (χ0v) is 13.4. The number of nitrogens with zero attached hydrogens (tertiary/aromatic N) is 3. The number of hydrogen-bond acceptors (Lipinski definition) is 4. The highest BCUT2D eigenvalue weighted by Gasteiger charge is 2.25. The number of benzene rings is 1. The Balaban J connectivity index is 1.99. The van der Waals surface area contributed by atoms with Gasteiger partial charge in [-0.3, -0.25) is 4.90 Å². The molecule has 1 heterocycles. The van der Waals surface area contributed by atoms with Crippen LogP contribution in [0.4, 0.5) is 0 Å². The average molecular weight is 297 g/mol. The van der Waals surface area contributed by atoms with Crippen molar-refractivity contribution in [3.8, 4) is 12.1 Å². The smallest absolute Gasteiger partial charge is 0.0954 e. The average Bonchev–Trinajstić information content (AvgIpc) is 2.51. The molecule has 2 rings (SSSR count). The summed E-state index contributed by atoms with van der Waals surface area (Å²) in [4.78, 5) is 2.29. The highest BCUT2D eigenvalue weighted by molar-refractivity contribution is 5.32. The van der Waals surface area contributed by atoms with E-state index in [1.165, 1.54) is 16.7 Å². The molecule has 0 aromatic heterocycles. The zero-order valence-electron chi connectivity index (χ0n) is 13.4. The Labute approximate surface area is 132 Å². The topological polar surface area (TPSA) is 60.0 Å². The molecule has 116 valence electrons. The van der Waals surface area contributed by atoms with Crippen molar-refractivity contribution >= 4 is 0 Å². The van der Waals surface area contributed by atoms with Crippen molar-refractivity contribution in [3.05, 3.63) is 34.9 Å². The van der Waals surface area contributed by atoms with Gasteiger partial charge in [0.1, 0.15) is 0 Å². The second-order valence-corrected chi connectivity index (χ2v) is 6.00. The lowest BCUT2D eigenvalue weighted by molar-refractivity contribution is -0.0330. The number of nitriles is 2. The van der Waals surface area contributed by atoms with Crippen LogP contribution in [0.5, 0.6) is 0 Å². The minimum Gasteiger partial charge on any atom is -0.371 e. The van der Waals surface area contributed by atoms with Crippen molar-refractivity contribution in [2.24, 2.45) is 5.92 Å². The molecule has 4 nitrogen and oxygen atoms in total. The molecule has 0 bridgehead atoms. The van der Waals surface area contributed by atoms with Gasteiger partial charge in [0, 0.05) is 26.1 Å². The fraction of sp³-hybridized carbons (Fsp3) is 0.556. The largest absolute Gasteiger partial charge is 0.371 e. The third-order valence-electron chi connectivity index (χ3n) is 4.19. The van der Waals surface area contributed by atoms with Gasteiger partial charge >= 0.3 is 0 Å². The highest BCUT2D eigenvalue weighted by atomic mass is 16.5. The third-order valence-corrected chi connectivity index (χ3v) is 4.19. The fourth-order valence-corrected chi connectivity index (χ4v) is 2.99. The minimum absolute atomic E-state index is 0.0717. The van der Waals surface area contributed by atoms with Crippen molar-refractivity contribution in [1.82, 2.24) is 4.90 Å². The summed E-state index contributed by atoms with van der Waals surface area (Å²) in [7, 11) is 0. The highest BCUT2D eigenvalue weighted by Crippen LogP contribution is 2.26. The van der Waals surface area contributed by atoms with Crippen molar-refractivity contribution < 1.29 is 4.74 Å². The van der Waals surface area contributed by atoms with Gasteiger partial charge in [0.05, 0.1) is 30.8 Å². The van der Waals surface area contributed by atoms with E-state index >= 15 is 0 Å². The summed E-state index contributed by atoms with van der Waals surface area (Å²) in [5.41, 5.74) is 3.75. The summed E-state index contributed by atoms with van der Waals surface area (Å²) in [5.74, 6) is -0.0717. The first-order valence-electron chi connectivity index (χ1n) is 7.81. The van der Waals surface area contributed by atoms with E-state index in [1.54, 1.807) is 0 Å². The monoisotopic (exact) mass is 297 g/mol. The van der Waals surface area contributed by atoms with E-state index in [4.69, 9.17) is 10.00 Å². The second kappa shape index (κ2) is 7.94. The summed E-state index contributed by atoms with van der Waals surface area (Å²) >= 11 is 0. The number of morpholine rings is 1. The van der Waals surface area contributed by atoms with Crippen LogP contribution in [0.3, 0.4) is 0 Å². The molecular formula is C18H23N3O. The Hall–Kier alpha value is -1.88. The summed E-state index contributed by atoms with van der Waals surface area (Å²) in [6.45, 7) is 7.30. The van der Waals surface area contributed by atoms with Crippen LogP contribution >= 0.6 is 0 Å². The molecule has 0 saturated carbocycles. The Morgan fingerprint density at radius 2 is 2.18 bits per heavy atom. The van der Waals surface area contributed by atoms with Gasteiger partial charge in [-0.1, -0.05) is 23.8 Å². The lowest BCUT2D eigenvalue weighted by Gasteiger charge is -2.34. The Bertz CT molecular complexity index is 585. The summed E-state index contributed by atoms with van der Waals surface area (Å²) in [6, 6.07) is 10.9. The van der Waals surface area contributed by atoms with Crippen molar-refractivity contribution in [2.75, 3.05) is 26.2 Å². The van der Waals surface area contributed by atoms with Crippen molar-refractivity contribution in [1.29, 1.82) is 10.5 Å². The first kappa shape index (κ1) is 16.5. The lowest BCUT2D eigenvalue weighted by atomic mass is 9.99. The standard InChI is InChI=1S/C18H23N3O/c1-14-5-6-17(15(2)10-14)18-13-21(8-9-22-18)12-16(11-20)4-3-7-19/h5-6,10,16,18H,3-4,8-9,12-13H2,1-2H3/t16-,18-/m1/s1. The van der Waals surface area contributed by atoms with E-state index in [0.717, 1.165) is 19.6 Å². The maximum Gasteiger partial charge on any atom is 0.0954 e. The van der Waals surface area contributed by atoms with Gasteiger partial charge in [-0.25, -0.2) is 0 Å². The van der Waals surface area contributed by atoms with Crippen molar-refractivity contribution in [2.45, 2.75) is 32.8 Å². The molecule has 0 radical (unpaired) electrons. The molecule has 1 aliphatic rings. The van der Waals surface area contributed by atoms with Gasteiger partial charge in [-0.15, -0.1) is 0 Å². The van der Waals surface area contributed by atoms with E-state index in [9.17, 15) is 5.26 Å². The third kappa shape index (κ3) is 4.31. The van der Waals surface area contributed by atoms with Crippen LogP contribution in [-0.4, -0.2) is 31.1 Å². The number of hydrogen-bond donors (Lipinski definition) is 0. The molecule has 4 heteroatoms. The molecule has 0 aliphatic carbocycles. The molecule has 1 aromatic rings. The van der Waals surface area contributed by atoms with Crippen LogP contribution in [0.1, 0.15) is 35.6 Å². The molecule has 2 atom stereocenters. The molecule has 22 heavy (non-hydrogen) atoms. The molecule has 0 amide bonds. The first-order valence-corrected chi connectivity index (χ1v) is 7.81. The predicted octanol–water partition coefficient (Wildman–Crippen LogP) is 3.12. The Kier molecular flexibility index (Phi) is 5.95. The molecule has 1 aliphatic heterocycles. The van der Waals surface area contributed by atoms with Gasteiger partial charge < -0.3 is 4.74 Å². The van der Waals surface area contributed by atoms with E-state index in [2.05, 4.69) is 49.1 Å². The summed E-state index contributed by atoms with van der Waals surface area (Å²) in [6.07, 6.45) is 1.17. The normalized spacial score (nSPS) is 20.1. The lowest BCUT2D eigenvalue weighted by Crippen LogP contribution is -2.41. The van der Waals surface area contributed by atoms with Gasteiger partial charge in [0.15, 0.2) is 0 Å². The first-order chi connectivity index (χ1) is 10.6. The molecular weight excluding hydrogens is 274 g/mol. The Morgan fingerprint density at radius 3 is 2.86 bits per heavy atom. The van der Waals surface area contributed by atoms with E-state index in [-0.39, 0.29) is 12.0 Å². The predicted molar refractivity (Wildman–Crippen MR) is 85.0 cm³/mol. The van der Waals surface area contributed by atoms with Crippen LogP contribution in [0.2, 0.25) is 0 Å². The van der Waals surface area contributed by atoms with Crippen LogP contribution < -0.4 is 0 Å². The van der Waals surface area contributed by atoms with Crippen LogP contribution in [-0.2, 0) is 4.74 Å². The SMILES string of the molecule is Cc1ccc([C@H]2CN(C[C@@H](C#N)CCC#N)CCO2)c(C)c1. The van der Waals surface area contributed by atoms with Crippen LogP contribution in [0.25, 0.3) is 0 Å². The van der Waals surface area contributed by atoms with Gasteiger partial charge in [0.2, 0.25) is 0 Å². The second-order valence-electron chi connectivity index (χ2n) is 6.00. The molecule has 0 unspecified atom stereocenters. The fourth-order valence-electron chi connectivity index (χ4n) is 2.99. The van der Waals surface area contributed by atoms with Gasteiger partial charge in [-0.2, -0.15) is 10.5 Å². The van der Waals surface area contributed by atoms with Crippen LogP contribution in [0, 0.1) is 42.4 Å². The van der Waals surface area contributed by atoms with Crippen molar-refractivity contribution in [3.63, 3.8) is 0 Å². The molecule has 1 aromatic carbocycles. The molecule has 0 spiro atoms. The van der Waals surface area contributed by atoms with E-state index in [0.29, 0.717) is 19.4 Å². The molecule has 0 N–H and O–H groups in total. The van der Waals surface area contributed by atoms with E-state index in [1.807, 2.05) is 0 Å². The zero-order chi connectivity index (χ0) is 15.9. The summed E-state index contributed by atoms with van der Waals surface area (Å²) in [5, 5.41) is 17.9. The minimum atomic E-state index is -0.0717. The maximum atomic E-state index is 9.22. The quantitative estimate of drug-likeness (QED) is 0.838. The van der Waals surface area contributed by atoms with Gasteiger partial charge in [-0.05, 0) is 31.4 Å². The molecule has 1 saturated heterocycles. The van der Waals surface area contributed by atoms with Gasteiger partial charge in [0.25, 0.3) is 0 Å². The van der Waals surface area contributed by atoms with E-state index < -0.39 is 0 Å². The Morgan fingerprint density at radius 1 is 1.36 bits per heavy atom. The molecule has 1 fully saturated rings. The number of aryl methyl sites for hydroxylation is 2. The summed E-state index contributed by atoms with van der Waals surface area (Å²) < 4.78 is 5.93. The number of ether oxygens (including phenoxy) is 1. The van der Waals surface area contributed by atoms with Crippen LogP contribution in [0.15, 0.2) is 18.2 Å². The maximum absolute atomic E-state index is 9.22.